The summed E-state index contributed by atoms with van der Waals surface area (Å²) in [5, 5.41) is 3.62. The Kier molecular flexibility index (Phi) is 6.14. The number of carbonyl (C=O) groups is 1. The van der Waals surface area contributed by atoms with Crippen LogP contribution < -0.4 is 10.0 Å². The van der Waals surface area contributed by atoms with Gasteiger partial charge in [0.15, 0.2) is 0 Å². The lowest BCUT2D eigenvalue weighted by molar-refractivity contribution is -0.132. The van der Waals surface area contributed by atoms with E-state index in [0.29, 0.717) is 31.3 Å². The quantitative estimate of drug-likeness (QED) is 0.427. The molecule has 1 amide bonds. The van der Waals surface area contributed by atoms with Crippen molar-refractivity contribution in [2.45, 2.75) is 67.6 Å². The van der Waals surface area contributed by atoms with Crippen molar-refractivity contribution in [3.8, 4) is 11.1 Å². The van der Waals surface area contributed by atoms with Crippen LogP contribution in [0.5, 0.6) is 0 Å². The summed E-state index contributed by atoms with van der Waals surface area (Å²) in [5.74, 6) is 0.595. The third-order valence-corrected chi connectivity index (χ3v) is 11.1. The second-order valence-electron chi connectivity index (χ2n) is 12.5. The lowest BCUT2D eigenvalue weighted by atomic mass is 9.50. The summed E-state index contributed by atoms with van der Waals surface area (Å²) < 4.78 is 44.1. The molecule has 4 saturated carbocycles. The highest BCUT2D eigenvalue weighted by Crippen LogP contribution is 2.57. The first-order valence-electron chi connectivity index (χ1n) is 14.2. The highest BCUT2D eigenvalue weighted by molar-refractivity contribution is 7.89. The predicted molar refractivity (Wildman–Crippen MR) is 151 cm³/mol. The second kappa shape index (κ2) is 9.50. The van der Waals surface area contributed by atoms with Crippen molar-refractivity contribution in [3.05, 3.63) is 89.7 Å². The van der Waals surface area contributed by atoms with Crippen LogP contribution >= 0.6 is 0 Å². The first-order chi connectivity index (χ1) is 19.2. The summed E-state index contributed by atoms with van der Waals surface area (Å²) in [6.07, 6.45) is 5.44. The van der Waals surface area contributed by atoms with E-state index in [2.05, 4.69) is 10.0 Å². The molecule has 0 aromatic heterocycles. The summed E-state index contributed by atoms with van der Waals surface area (Å²) in [6.45, 7) is 1.14. The molecule has 4 bridgehead atoms. The largest absolute Gasteiger partial charge is 0.333 e. The van der Waals surface area contributed by atoms with E-state index in [4.69, 9.17) is 0 Å². The lowest BCUT2D eigenvalue weighted by Crippen LogP contribution is -2.69. The van der Waals surface area contributed by atoms with Crippen molar-refractivity contribution in [1.29, 1.82) is 0 Å². The van der Waals surface area contributed by atoms with Crippen LogP contribution in [0.15, 0.2) is 77.7 Å². The summed E-state index contributed by atoms with van der Waals surface area (Å²) >= 11 is 0. The van der Waals surface area contributed by atoms with E-state index in [-0.39, 0.29) is 28.7 Å². The maximum Gasteiger partial charge on any atom is 0.241 e. The molecule has 2 unspecified atom stereocenters. The van der Waals surface area contributed by atoms with E-state index in [1.807, 2.05) is 42.5 Å². The molecule has 1 heterocycles. The molecule has 40 heavy (non-hydrogen) atoms. The fraction of sp³-hybridized carbons (Fsp3) is 0.406. The van der Waals surface area contributed by atoms with E-state index in [0.717, 1.165) is 54.4 Å². The molecule has 0 radical (unpaired) electrons. The number of hydrogen-bond donors (Lipinski definition) is 2. The van der Waals surface area contributed by atoms with E-state index in [1.165, 1.54) is 12.1 Å². The molecule has 2 N–H and O–H groups in total. The zero-order chi connectivity index (χ0) is 27.5. The van der Waals surface area contributed by atoms with Gasteiger partial charge >= 0.3 is 0 Å². The van der Waals surface area contributed by atoms with E-state index < -0.39 is 15.6 Å². The SMILES string of the molecule is O=C(CNC12CC3CC(C1)CC(NS(=O)(=O)c1ccc(-c4ccccc4)cc1)(C3)C2)N1Cc2ccc(F)cc2C1. The van der Waals surface area contributed by atoms with Crippen LogP contribution in [0, 0.1) is 17.7 Å². The van der Waals surface area contributed by atoms with Gasteiger partial charge in [-0.25, -0.2) is 17.5 Å². The molecule has 6 nitrogen and oxygen atoms in total. The van der Waals surface area contributed by atoms with Gasteiger partial charge in [0.25, 0.3) is 0 Å². The number of hydrogen-bond acceptors (Lipinski definition) is 4. The van der Waals surface area contributed by atoms with E-state index in [9.17, 15) is 17.6 Å². The summed E-state index contributed by atoms with van der Waals surface area (Å²) in [6, 6.07) is 21.8. The van der Waals surface area contributed by atoms with E-state index in [1.54, 1.807) is 23.1 Å². The number of nitrogens with zero attached hydrogens (tertiary/aromatic N) is 1. The number of amides is 1. The highest BCUT2D eigenvalue weighted by atomic mass is 32.2. The molecule has 4 fully saturated rings. The number of sulfonamides is 1. The number of rotatable bonds is 7. The molecule has 1 aliphatic heterocycles. The molecule has 208 valence electrons. The highest BCUT2D eigenvalue weighted by Gasteiger charge is 2.58. The minimum atomic E-state index is -3.71. The average molecular weight is 560 g/mol. The van der Waals surface area contributed by atoms with Gasteiger partial charge in [0.2, 0.25) is 15.9 Å². The molecule has 3 aromatic rings. The lowest BCUT2D eigenvalue weighted by Gasteiger charge is -2.62. The molecular weight excluding hydrogens is 525 g/mol. The normalized spacial score (nSPS) is 28.6. The number of carbonyl (C=O) groups excluding carboxylic acids is 1. The second-order valence-corrected chi connectivity index (χ2v) is 14.2. The maximum atomic E-state index is 13.6. The molecule has 3 aromatic carbocycles. The van der Waals surface area contributed by atoms with Gasteiger partial charge in [0.1, 0.15) is 5.82 Å². The number of benzene rings is 3. The Balaban J connectivity index is 1.05. The summed E-state index contributed by atoms with van der Waals surface area (Å²) in [4.78, 5) is 15.2. The Morgan fingerprint density at radius 3 is 2.23 bits per heavy atom. The molecule has 2 atom stereocenters. The Hall–Kier alpha value is -3.07. The average Bonchev–Trinajstić information content (AvgIpc) is 3.34. The van der Waals surface area contributed by atoms with Crippen LogP contribution in [0.3, 0.4) is 0 Å². The van der Waals surface area contributed by atoms with Crippen molar-refractivity contribution in [2.75, 3.05) is 6.54 Å². The molecule has 0 saturated heterocycles. The molecule has 4 aliphatic carbocycles. The summed E-state index contributed by atoms with van der Waals surface area (Å²) in [7, 11) is -3.71. The van der Waals surface area contributed by atoms with E-state index >= 15 is 0 Å². The fourth-order valence-corrected chi connectivity index (χ4v) is 9.73. The number of halogens is 1. The molecule has 0 spiro atoms. The van der Waals surface area contributed by atoms with Gasteiger partial charge in [0, 0.05) is 24.2 Å². The Labute approximate surface area is 235 Å². The minimum absolute atomic E-state index is 0.000454. The monoisotopic (exact) mass is 559 g/mol. The van der Waals surface area contributed by atoms with Crippen molar-refractivity contribution in [2.24, 2.45) is 11.8 Å². The van der Waals surface area contributed by atoms with Gasteiger partial charge in [-0.2, -0.15) is 0 Å². The number of nitrogens with one attached hydrogen (secondary N) is 2. The third-order valence-electron chi connectivity index (χ3n) is 9.54. The van der Waals surface area contributed by atoms with Gasteiger partial charge in [-0.3, -0.25) is 4.79 Å². The van der Waals surface area contributed by atoms with Crippen molar-refractivity contribution >= 4 is 15.9 Å². The first kappa shape index (κ1) is 25.9. The third kappa shape index (κ3) is 4.76. The molecule has 8 heteroatoms. The first-order valence-corrected chi connectivity index (χ1v) is 15.7. The predicted octanol–water partition coefficient (Wildman–Crippen LogP) is 4.99. The fourth-order valence-electron chi connectivity index (χ4n) is 8.30. The van der Waals surface area contributed by atoms with Gasteiger partial charge < -0.3 is 10.2 Å². The van der Waals surface area contributed by atoms with Crippen LogP contribution in [0.2, 0.25) is 0 Å². The molecule has 8 rings (SSSR count). The Morgan fingerprint density at radius 2 is 1.50 bits per heavy atom. The molecular formula is C32H34FN3O3S. The van der Waals surface area contributed by atoms with Gasteiger partial charge in [0.05, 0.1) is 11.4 Å². The van der Waals surface area contributed by atoms with Crippen LogP contribution in [-0.2, 0) is 27.9 Å². The van der Waals surface area contributed by atoms with Crippen molar-refractivity contribution < 1.29 is 17.6 Å². The Morgan fingerprint density at radius 1 is 0.850 bits per heavy atom. The number of fused-ring (bicyclic) bond motifs is 1. The van der Waals surface area contributed by atoms with Crippen molar-refractivity contribution in [3.63, 3.8) is 0 Å². The van der Waals surface area contributed by atoms with Crippen molar-refractivity contribution in [1.82, 2.24) is 14.9 Å². The van der Waals surface area contributed by atoms with Gasteiger partial charge in [-0.05, 0) is 96.9 Å². The van der Waals surface area contributed by atoms with Crippen LogP contribution in [0.4, 0.5) is 4.39 Å². The topological polar surface area (TPSA) is 78.5 Å². The maximum absolute atomic E-state index is 13.6. The van der Waals surface area contributed by atoms with Crippen LogP contribution in [-0.4, -0.2) is 36.8 Å². The van der Waals surface area contributed by atoms with Gasteiger partial charge in [-0.15, -0.1) is 0 Å². The van der Waals surface area contributed by atoms with Gasteiger partial charge in [-0.1, -0.05) is 48.5 Å². The molecule has 5 aliphatic rings. The summed E-state index contributed by atoms with van der Waals surface area (Å²) in [5.41, 5.74) is 3.14. The zero-order valence-corrected chi connectivity index (χ0v) is 23.2. The standard InChI is InChI=1S/C32H34FN3O3S/c33-28-9-6-26-19-36(20-27(26)13-28)30(37)18-34-31-14-22-12-23(15-31)17-32(16-22,21-31)35-40(38,39)29-10-7-25(8-11-29)24-4-2-1-3-5-24/h1-11,13,22-23,34-35H,12,14-21H2. The van der Waals surface area contributed by atoms with Crippen LogP contribution in [0.25, 0.3) is 11.1 Å². The zero-order valence-electron chi connectivity index (χ0n) is 22.4. The minimum Gasteiger partial charge on any atom is -0.333 e. The van der Waals surface area contributed by atoms with Crippen LogP contribution in [0.1, 0.15) is 49.7 Å². The smallest absolute Gasteiger partial charge is 0.241 e. The Bertz CT molecular complexity index is 1540.